The van der Waals surface area contributed by atoms with Crippen LogP contribution in [-0.4, -0.2) is 4.98 Å². The van der Waals surface area contributed by atoms with E-state index in [-0.39, 0.29) is 25.8 Å². The predicted octanol–water partition coefficient (Wildman–Crippen LogP) is 10.8. The summed E-state index contributed by atoms with van der Waals surface area (Å²) in [7, 11) is 0. The summed E-state index contributed by atoms with van der Waals surface area (Å²) < 4.78 is 6.47. The van der Waals surface area contributed by atoms with Gasteiger partial charge in [0, 0.05) is 49.4 Å². The van der Waals surface area contributed by atoms with Gasteiger partial charge in [0.15, 0.2) is 0 Å². The predicted molar refractivity (Wildman–Crippen MR) is 191 cm³/mol. The monoisotopic (exact) mass is 715 g/mol. The van der Waals surface area contributed by atoms with Gasteiger partial charge < -0.3 is 19.4 Å². The minimum atomic E-state index is 0. The van der Waals surface area contributed by atoms with Crippen LogP contribution in [0.3, 0.4) is 0 Å². The van der Waals surface area contributed by atoms with Crippen molar-refractivity contribution in [3.8, 4) is 33.8 Å². The number of hydrogen-bond donors (Lipinski definition) is 0. The second kappa shape index (κ2) is 12.8. The molecule has 0 saturated carbocycles. The van der Waals surface area contributed by atoms with Crippen molar-refractivity contribution < 1.29 is 25.2 Å². The van der Waals surface area contributed by atoms with E-state index in [0.717, 1.165) is 45.3 Å². The van der Waals surface area contributed by atoms with Gasteiger partial charge in [0.05, 0.1) is 5.69 Å². The van der Waals surface area contributed by atoms with E-state index in [0.29, 0.717) is 11.5 Å². The Balaban J connectivity index is 0.00000364. The average molecular weight is 716 g/mol. The number of ether oxygens (including phenoxy) is 1. The van der Waals surface area contributed by atoms with Crippen LogP contribution in [0.2, 0.25) is 0 Å². The summed E-state index contributed by atoms with van der Waals surface area (Å²) in [5.74, 6) is 2.01. The fraction of sp³-hybridized carbons (Fsp3) is 0.0952. The van der Waals surface area contributed by atoms with Crippen LogP contribution < -0.4 is 19.4 Å². The molecule has 0 bridgehead atoms. The van der Waals surface area contributed by atoms with Crippen molar-refractivity contribution in [1.82, 2.24) is 4.98 Å². The molecule has 0 amide bonds. The molecule has 6 heteroatoms. The second-order valence-electron chi connectivity index (χ2n) is 12.7. The van der Waals surface area contributed by atoms with Gasteiger partial charge in [-0.2, -0.15) is 12.1 Å². The molecule has 0 fully saturated rings. The summed E-state index contributed by atoms with van der Waals surface area (Å²) in [6.07, 6.45) is 5.90. The van der Waals surface area contributed by atoms with Crippen LogP contribution in [0, 0.1) is 18.8 Å². The van der Waals surface area contributed by atoms with E-state index in [1.54, 1.807) is 0 Å². The fourth-order valence-electron chi connectivity index (χ4n) is 6.16. The quantitative estimate of drug-likeness (QED) is 0.131. The minimum absolute atomic E-state index is 0. The smallest absolute Gasteiger partial charge is 0.135 e. The number of para-hydroxylation sites is 1. The van der Waals surface area contributed by atoms with Gasteiger partial charge in [0.2, 0.25) is 0 Å². The second-order valence-corrected chi connectivity index (χ2v) is 12.7. The Hall–Kier alpha value is -5.15. The molecule has 0 unspecified atom stereocenters. The molecule has 2 aliphatic rings. The van der Waals surface area contributed by atoms with E-state index in [1.807, 2.05) is 59.8 Å². The zero-order chi connectivity index (χ0) is 32.0. The van der Waals surface area contributed by atoms with E-state index >= 15 is 0 Å². The summed E-state index contributed by atoms with van der Waals surface area (Å²) in [5, 5.41) is 0. The molecule has 0 aliphatic carbocycles. The van der Waals surface area contributed by atoms with Crippen LogP contribution in [0.5, 0.6) is 11.5 Å². The number of pyridine rings is 1. The van der Waals surface area contributed by atoms with Crippen LogP contribution in [0.1, 0.15) is 26.3 Å². The summed E-state index contributed by atoms with van der Waals surface area (Å²) >= 11 is 0. The van der Waals surface area contributed by atoms with E-state index < -0.39 is 0 Å². The summed E-state index contributed by atoms with van der Waals surface area (Å²) in [4.78, 5) is 11.1. The van der Waals surface area contributed by atoms with Gasteiger partial charge in [-0.1, -0.05) is 92.7 Å². The van der Waals surface area contributed by atoms with Crippen LogP contribution >= 0.6 is 0 Å². The van der Waals surface area contributed by atoms with Crippen molar-refractivity contribution in [3.05, 3.63) is 164 Å². The van der Waals surface area contributed by atoms with E-state index in [4.69, 9.17) is 9.72 Å². The van der Waals surface area contributed by atoms with Crippen LogP contribution in [0.4, 0.5) is 28.6 Å². The number of nitrogens with zero attached hydrogens (tertiary/aromatic N) is 4. The van der Waals surface area contributed by atoms with Crippen LogP contribution in [0.25, 0.3) is 22.3 Å². The molecule has 2 aliphatic heterocycles. The molecule has 0 saturated heterocycles. The minimum Gasteiger partial charge on any atom is -0.509 e. The standard InChI is InChI=1S/C42H33N4O.Pd/c1-42(2,3)30-18-20-31(21-19-30)44-25-26-45(29-44)32-11-10-12-33(27-32)47-34-22-23-38-36-14-5-4-13-35(36)37-15-6-7-16-39(37)46(40(38)28-34)41-17-8-9-24-43-41;/h4-26,29H,1-3H3;/q-3;. The first kappa shape index (κ1) is 31.5. The molecular weight excluding hydrogens is 683 g/mol. The van der Waals surface area contributed by atoms with Crippen LogP contribution in [-0.2, 0) is 25.8 Å². The Labute approximate surface area is 296 Å². The number of aromatic nitrogens is 1. The molecule has 8 rings (SSSR count). The molecular formula is C42H33N4OPd-3. The number of hydrogen-bond acceptors (Lipinski definition) is 5. The molecule has 48 heavy (non-hydrogen) atoms. The maximum atomic E-state index is 6.47. The molecule has 0 radical (unpaired) electrons. The van der Waals surface area contributed by atoms with E-state index in [9.17, 15) is 0 Å². The van der Waals surface area contributed by atoms with Crippen molar-refractivity contribution in [2.75, 3.05) is 14.7 Å². The average Bonchev–Trinajstić information content (AvgIpc) is 3.56. The Kier molecular flexibility index (Phi) is 8.39. The molecule has 5 nitrogen and oxygen atoms in total. The van der Waals surface area contributed by atoms with Crippen molar-refractivity contribution in [2.24, 2.45) is 0 Å². The summed E-state index contributed by atoms with van der Waals surface area (Å²) in [5.41, 5.74) is 9.81. The number of rotatable bonds is 5. The largest absolute Gasteiger partial charge is 0.509 e. The third-order valence-electron chi connectivity index (χ3n) is 8.57. The Morgan fingerprint density at radius 3 is 2.06 bits per heavy atom. The van der Waals surface area contributed by atoms with Crippen molar-refractivity contribution in [1.29, 1.82) is 0 Å². The van der Waals surface area contributed by atoms with Gasteiger partial charge in [-0.25, -0.2) is 4.98 Å². The maximum absolute atomic E-state index is 6.47. The SMILES string of the molecule is CC(C)(C)c1ccc(N2C=CN(c3[c-]c(Oc4[c-]c5c(cc4)-c4ccccc4-c4ccccc4N5c4ccccn4)ccc3)[CH-]2)cc1.[Pd]. The maximum Gasteiger partial charge on any atom is 0.135 e. The van der Waals surface area contributed by atoms with Gasteiger partial charge in [0.25, 0.3) is 0 Å². The third kappa shape index (κ3) is 5.90. The molecule has 240 valence electrons. The topological polar surface area (TPSA) is 31.8 Å². The third-order valence-corrected chi connectivity index (χ3v) is 8.57. The number of benzene rings is 5. The molecule has 1 aromatic heterocycles. The Bertz CT molecular complexity index is 2100. The molecule has 5 aromatic carbocycles. The first-order chi connectivity index (χ1) is 22.9. The Morgan fingerprint density at radius 2 is 1.31 bits per heavy atom. The van der Waals surface area contributed by atoms with Crippen molar-refractivity contribution >= 4 is 28.6 Å². The molecule has 3 heterocycles. The van der Waals surface area contributed by atoms with Crippen molar-refractivity contribution in [3.63, 3.8) is 0 Å². The van der Waals surface area contributed by atoms with Gasteiger partial charge in [-0.3, -0.25) is 0 Å². The number of fused-ring (bicyclic) bond motifs is 5. The normalized spacial score (nSPS) is 13.3. The number of anilines is 5. The van der Waals surface area contributed by atoms with Gasteiger partial charge >= 0.3 is 0 Å². The van der Waals surface area contributed by atoms with Crippen molar-refractivity contribution in [2.45, 2.75) is 26.2 Å². The fourth-order valence-corrected chi connectivity index (χ4v) is 6.16. The molecule has 6 aromatic rings. The van der Waals surface area contributed by atoms with E-state index in [1.165, 1.54) is 11.1 Å². The van der Waals surface area contributed by atoms with Gasteiger partial charge in [-0.05, 0) is 59.3 Å². The molecule has 0 spiro atoms. The van der Waals surface area contributed by atoms with Gasteiger partial charge in [-0.15, -0.1) is 48.3 Å². The zero-order valence-corrected chi connectivity index (χ0v) is 28.4. The van der Waals surface area contributed by atoms with E-state index in [2.05, 4.69) is 134 Å². The molecule has 0 atom stereocenters. The van der Waals surface area contributed by atoms with Crippen LogP contribution in [0.15, 0.2) is 140 Å². The van der Waals surface area contributed by atoms with Gasteiger partial charge in [0.1, 0.15) is 5.82 Å². The zero-order valence-electron chi connectivity index (χ0n) is 26.9. The first-order valence-corrected chi connectivity index (χ1v) is 15.8. The summed E-state index contributed by atoms with van der Waals surface area (Å²) in [6, 6.07) is 48.7. The first-order valence-electron chi connectivity index (χ1n) is 15.8. The Morgan fingerprint density at radius 1 is 0.625 bits per heavy atom. The molecule has 0 N–H and O–H groups in total. The summed E-state index contributed by atoms with van der Waals surface area (Å²) in [6.45, 7) is 8.74.